The van der Waals surface area contributed by atoms with Crippen LogP contribution in [0.5, 0.6) is 0 Å². The summed E-state index contributed by atoms with van der Waals surface area (Å²) >= 11 is 1.61. The van der Waals surface area contributed by atoms with Gasteiger partial charge in [0.25, 0.3) is 0 Å². The minimum Gasteiger partial charge on any atom is -0.351 e. The van der Waals surface area contributed by atoms with Gasteiger partial charge in [-0.1, -0.05) is 0 Å². The van der Waals surface area contributed by atoms with Gasteiger partial charge in [-0.3, -0.25) is 15.7 Å². The number of hydrogen-bond donors (Lipinski definition) is 2. The molecule has 0 aliphatic rings. The van der Waals surface area contributed by atoms with Gasteiger partial charge < -0.3 is 9.47 Å². The number of rotatable bonds is 8. The van der Waals surface area contributed by atoms with Crippen LogP contribution in [-0.4, -0.2) is 34.9 Å². The Balaban J connectivity index is 2.06. The van der Waals surface area contributed by atoms with Gasteiger partial charge in [0.15, 0.2) is 11.3 Å². The third-order valence-corrected chi connectivity index (χ3v) is 3.55. The van der Waals surface area contributed by atoms with E-state index in [9.17, 15) is 0 Å². The maximum absolute atomic E-state index is 5.61. The average Bonchev–Trinajstić information content (AvgIpc) is 2.96. The Morgan fingerprint density at radius 2 is 2.16 bits per heavy atom. The molecule has 2 heterocycles. The van der Waals surface area contributed by atoms with E-state index in [0.29, 0.717) is 19.6 Å². The second-order valence-electron chi connectivity index (χ2n) is 4.08. The molecule has 0 saturated heterocycles. The molecule has 0 fully saturated rings. The molecule has 0 saturated carbocycles. The highest BCUT2D eigenvalue weighted by atomic mass is 32.1. The van der Waals surface area contributed by atoms with Gasteiger partial charge in [0.1, 0.15) is 0 Å². The molecule has 0 spiro atoms. The van der Waals surface area contributed by atoms with Crippen LogP contribution in [0.3, 0.4) is 0 Å². The molecule has 0 bridgehead atoms. The normalized spacial score (nSPS) is 13.5. The molecule has 1 unspecified atom stereocenters. The second-order valence-corrected chi connectivity index (χ2v) is 4.95. The van der Waals surface area contributed by atoms with Crippen molar-refractivity contribution in [1.82, 2.24) is 14.8 Å². The number of nitrogens with two attached hydrogens (primary N) is 1. The van der Waals surface area contributed by atoms with Gasteiger partial charge >= 0.3 is 0 Å². The lowest BCUT2D eigenvalue weighted by molar-refractivity contribution is -0.153. The number of nitrogens with zero attached hydrogens (tertiary/aromatic N) is 2. The van der Waals surface area contributed by atoms with Crippen molar-refractivity contribution in [3.05, 3.63) is 23.5 Å². The van der Waals surface area contributed by atoms with E-state index in [1.54, 1.807) is 11.3 Å². The van der Waals surface area contributed by atoms with E-state index >= 15 is 0 Å². The van der Waals surface area contributed by atoms with Crippen LogP contribution < -0.4 is 11.3 Å². The summed E-state index contributed by atoms with van der Waals surface area (Å²) in [5, 5.41) is 2.01. The summed E-state index contributed by atoms with van der Waals surface area (Å²) in [5.74, 6) is 5.61. The van der Waals surface area contributed by atoms with Gasteiger partial charge in [0.2, 0.25) is 0 Å². The quantitative estimate of drug-likeness (QED) is 0.432. The highest BCUT2D eigenvalue weighted by Gasteiger charge is 2.22. The summed E-state index contributed by atoms with van der Waals surface area (Å²) in [6.07, 6.45) is 4.30. The summed E-state index contributed by atoms with van der Waals surface area (Å²) < 4.78 is 13.1. The lowest BCUT2D eigenvalue weighted by atomic mass is 10.1. The van der Waals surface area contributed by atoms with Crippen molar-refractivity contribution in [2.24, 2.45) is 5.84 Å². The maximum Gasteiger partial charge on any atom is 0.193 e. The van der Waals surface area contributed by atoms with Crippen molar-refractivity contribution >= 4 is 16.3 Å². The first-order valence-electron chi connectivity index (χ1n) is 6.38. The highest BCUT2D eigenvalue weighted by molar-refractivity contribution is 7.15. The predicted octanol–water partition coefficient (Wildman–Crippen LogP) is 1.17. The summed E-state index contributed by atoms with van der Waals surface area (Å²) in [6, 6.07) is -0.121. The van der Waals surface area contributed by atoms with E-state index in [1.165, 1.54) is 0 Å². The monoisotopic (exact) mass is 284 g/mol. The molecule has 19 heavy (non-hydrogen) atoms. The molecule has 0 aromatic carbocycles. The molecule has 2 aromatic heterocycles. The summed E-state index contributed by atoms with van der Waals surface area (Å²) in [5.41, 5.74) is 3.73. The number of nitrogens with one attached hydrogen (secondary N) is 1. The molecule has 106 valence electrons. The van der Waals surface area contributed by atoms with Crippen molar-refractivity contribution in [3.63, 3.8) is 0 Å². The van der Waals surface area contributed by atoms with Crippen molar-refractivity contribution in [1.29, 1.82) is 0 Å². The van der Waals surface area contributed by atoms with E-state index in [-0.39, 0.29) is 12.3 Å². The van der Waals surface area contributed by atoms with Gasteiger partial charge in [-0.25, -0.2) is 4.98 Å². The maximum atomic E-state index is 5.61. The molecule has 1 atom stereocenters. The fraction of sp³-hybridized carbons (Fsp3) is 0.583. The first-order valence-corrected chi connectivity index (χ1v) is 7.26. The number of hydrazine groups is 1. The molecule has 0 amide bonds. The number of hydrogen-bond acceptors (Lipinski definition) is 6. The summed E-state index contributed by atoms with van der Waals surface area (Å²) in [7, 11) is 0. The average molecular weight is 284 g/mol. The first-order chi connectivity index (χ1) is 9.28. The van der Waals surface area contributed by atoms with Crippen molar-refractivity contribution in [2.45, 2.75) is 32.6 Å². The fourth-order valence-corrected chi connectivity index (χ4v) is 2.66. The van der Waals surface area contributed by atoms with Gasteiger partial charge in [0.05, 0.1) is 11.7 Å². The number of thiazole rings is 1. The predicted molar refractivity (Wildman–Crippen MR) is 74.9 cm³/mol. The fourth-order valence-electron chi connectivity index (χ4n) is 1.94. The molecule has 2 rings (SSSR count). The van der Waals surface area contributed by atoms with Crippen LogP contribution in [0.25, 0.3) is 4.96 Å². The standard InChI is InChI=1S/C12H20N4O2S/c1-3-17-11(18-4-2)10(15-13)7-9-8-16-5-6-19-12(16)14-9/h5-6,8,10-11,15H,3-4,7,13H2,1-2H3. The van der Waals surface area contributed by atoms with E-state index in [2.05, 4.69) is 10.4 Å². The van der Waals surface area contributed by atoms with Crippen LogP contribution in [0.2, 0.25) is 0 Å². The van der Waals surface area contributed by atoms with Crippen LogP contribution in [0.15, 0.2) is 17.8 Å². The number of fused-ring (bicyclic) bond motifs is 1. The molecule has 6 nitrogen and oxygen atoms in total. The molecule has 0 aliphatic heterocycles. The van der Waals surface area contributed by atoms with Crippen LogP contribution >= 0.6 is 11.3 Å². The molecule has 3 N–H and O–H groups in total. The molecule has 7 heteroatoms. The zero-order valence-corrected chi connectivity index (χ0v) is 12.0. The summed E-state index contributed by atoms with van der Waals surface area (Å²) in [4.78, 5) is 5.52. The van der Waals surface area contributed by atoms with E-state index in [0.717, 1.165) is 10.7 Å². The zero-order valence-electron chi connectivity index (χ0n) is 11.2. The third-order valence-electron chi connectivity index (χ3n) is 2.78. The lowest BCUT2D eigenvalue weighted by Gasteiger charge is -2.25. The van der Waals surface area contributed by atoms with Crippen molar-refractivity contribution in [2.75, 3.05) is 13.2 Å². The van der Waals surface area contributed by atoms with Crippen molar-refractivity contribution < 1.29 is 9.47 Å². The third kappa shape index (κ3) is 3.52. The molecule has 2 aromatic rings. The van der Waals surface area contributed by atoms with Gasteiger partial charge in [-0.2, -0.15) is 0 Å². The Labute approximate surface area is 116 Å². The van der Waals surface area contributed by atoms with Crippen molar-refractivity contribution in [3.8, 4) is 0 Å². The van der Waals surface area contributed by atoms with E-state index < -0.39 is 0 Å². The molecular formula is C12H20N4O2S. The minimum absolute atomic E-state index is 0.121. The zero-order chi connectivity index (χ0) is 13.7. The molecule has 0 radical (unpaired) electrons. The smallest absolute Gasteiger partial charge is 0.193 e. The lowest BCUT2D eigenvalue weighted by Crippen LogP contribution is -2.48. The number of aromatic nitrogens is 2. The van der Waals surface area contributed by atoms with Gasteiger partial charge in [0, 0.05) is 37.4 Å². The second kappa shape index (κ2) is 6.97. The van der Waals surface area contributed by atoms with Gasteiger partial charge in [-0.05, 0) is 13.8 Å². The van der Waals surface area contributed by atoms with Crippen LogP contribution in [0.4, 0.5) is 0 Å². The molecular weight excluding hydrogens is 264 g/mol. The number of ether oxygens (including phenoxy) is 2. The van der Waals surface area contributed by atoms with E-state index in [4.69, 9.17) is 15.3 Å². The molecule has 0 aliphatic carbocycles. The van der Waals surface area contributed by atoms with Crippen LogP contribution in [0.1, 0.15) is 19.5 Å². The SMILES string of the molecule is CCOC(OCC)C(Cc1cn2ccsc2n1)NN. The van der Waals surface area contributed by atoms with Crippen LogP contribution in [0, 0.1) is 0 Å². The Hall–Kier alpha value is -0.990. The largest absolute Gasteiger partial charge is 0.351 e. The summed E-state index contributed by atoms with van der Waals surface area (Å²) in [6.45, 7) is 5.04. The van der Waals surface area contributed by atoms with E-state index in [1.807, 2.05) is 36.0 Å². The Morgan fingerprint density at radius 3 is 2.74 bits per heavy atom. The topological polar surface area (TPSA) is 73.8 Å². The Morgan fingerprint density at radius 1 is 1.42 bits per heavy atom. The first kappa shape index (κ1) is 14.4. The van der Waals surface area contributed by atoms with Gasteiger partial charge in [-0.15, -0.1) is 11.3 Å². The van der Waals surface area contributed by atoms with Crippen LogP contribution in [-0.2, 0) is 15.9 Å². The highest BCUT2D eigenvalue weighted by Crippen LogP contribution is 2.14. The number of imidazole rings is 1. The Bertz CT molecular complexity index is 464. The Kier molecular flexibility index (Phi) is 5.29. The minimum atomic E-state index is -0.361.